The van der Waals surface area contributed by atoms with Gasteiger partial charge in [-0.25, -0.2) is 9.97 Å². The average Bonchev–Trinajstić information content (AvgIpc) is 3.15. The molecule has 0 bridgehead atoms. The van der Waals surface area contributed by atoms with Crippen molar-refractivity contribution in [3.05, 3.63) is 33.6 Å². The van der Waals surface area contributed by atoms with E-state index in [9.17, 15) is 10.1 Å². The largest absolute Gasteiger partial charge is 0.495 e. The van der Waals surface area contributed by atoms with Gasteiger partial charge >= 0.3 is 5.69 Å². The van der Waals surface area contributed by atoms with E-state index in [4.69, 9.17) is 21.1 Å². The Hall–Kier alpha value is -2.81. The maximum absolute atomic E-state index is 11.7. The van der Waals surface area contributed by atoms with E-state index >= 15 is 0 Å². The fourth-order valence-corrected chi connectivity index (χ4v) is 3.34. The highest BCUT2D eigenvalue weighted by molar-refractivity contribution is 6.32. The molecule has 2 aromatic rings. The lowest BCUT2D eigenvalue weighted by Gasteiger charge is -2.16. The number of rotatable bonds is 7. The minimum absolute atomic E-state index is 0.0510. The minimum atomic E-state index is -0.503. The molecule has 1 fully saturated rings. The number of nitrogens with one attached hydrogen (secondary N) is 2. The molecule has 3 rings (SSSR count). The molecule has 10 heteroatoms. The second kappa shape index (κ2) is 8.26. The molecule has 1 saturated carbocycles. The van der Waals surface area contributed by atoms with Gasteiger partial charge in [0, 0.05) is 12.1 Å². The Balaban J connectivity index is 1.97. The van der Waals surface area contributed by atoms with Gasteiger partial charge in [-0.3, -0.25) is 10.1 Å². The van der Waals surface area contributed by atoms with Crippen LogP contribution in [0.25, 0.3) is 0 Å². The Morgan fingerprint density at radius 2 is 1.81 bits per heavy atom. The van der Waals surface area contributed by atoms with Crippen molar-refractivity contribution in [1.29, 1.82) is 0 Å². The first-order valence-corrected chi connectivity index (χ1v) is 8.85. The van der Waals surface area contributed by atoms with E-state index in [1.807, 2.05) is 0 Å². The molecule has 9 nitrogen and oxygen atoms in total. The Morgan fingerprint density at radius 1 is 1.15 bits per heavy atom. The molecule has 1 aliphatic carbocycles. The van der Waals surface area contributed by atoms with Crippen LogP contribution in [0, 0.1) is 10.1 Å². The zero-order valence-electron chi connectivity index (χ0n) is 15.0. The topological polar surface area (TPSA) is 111 Å². The zero-order chi connectivity index (χ0) is 19.4. The van der Waals surface area contributed by atoms with Crippen LogP contribution in [0.15, 0.2) is 18.5 Å². The van der Waals surface area contributed by atoms with Gasteiger partial charge in [0.1, 0.15) is 17.8 Å². The SMILES string of the molecule is COc1cc(OC)c(Nc2ncnc(NC3CCCC3)c2[N+](=O)[O-])cc1Cl. The summed E-state index contributed by atoms with van der Waals surface area (Å²) in [7, 11) is 2.97. The van der Waals surface area contributed by atoms with E-state index in [1.54, 1.807) is 12.1 Å². The quantitative estimate of drug-likeness (QED) is 0.532. The molecule has 0 aliphatic heterocycles. The highest BCUT2D eigenvalue weighted by Crippen LogP contribution is 2.39. The summed E-state index contributed by atoms with van der Waals surface area (Å²) in [5.74, 6) is 1.09. The van der Waals surface area contributed by atoms with Crippen LogP contribution >= 0.6 is 11.6 Å². The Bertz CT molecular complexity index is 842. The normalized spacial score (nSPS) is 14.0. The van der Waals surface area contributed by atoms with Crippen LogP contribution in [0.5, 0.6) is 11.5 Å². The number of methoxy groups -OCH3 is 2. The van der Waals surface area contributed by atoms with Crippen molar-refractivity contribution in [3.8, 4) is 11.5 Å². The van der Waals surface area contributed by atoms with Gasteiger partial charge in [0.05, 0.1) is 29.9 Å². The van der Waals surface area contributed by atoms with Crippen molar-refractivity contribution < 1.29 is 14.4 Å². The summed E-state index contributed by atoms with van der Waals surface area (Å²) in [6, 6.07) is 3.33. The van der Waals surface area contributed by atoms with Crippen LogP contribution in [-0.2, 0) is 0 Å². The van der Waals surface area contributed by atoms with Gasteiger partial charge < -0.3 is 20.1 Å². The smallest absolute Gasteiger partial charge is 0.353 e. The lowest BCUT2D eigenvalue weighted by atomic mass is 10.2. The van der Waals surface area contributed by atoms with Crippen molar-refractivity contribution in [2.24, 2.45) is 0 Å². The Kier molecular flexibility index (Phi) is 5.80. The summed E-state index contributed by atoms with van der Waals surface area (Å²) < 4.78 is 10.5. The van der Waals surface area contributed by atoms with E-state index in [1.165, 1.54) is 20.5 Å². The van der Waals surface area contributed by atoms with Gasteiger partial charge in [0.25, 0.3) is 0 Å². The first kappa shape index (κ1) is 19.0. The molecular formula is C17H20ClN5O4. The predicted molar refractivity (Wildman–Crippen MR) is 102 cm³/mol. The predicted octanol–water partition coefficient (Wildman–Crippen LogP) is 4.15. The third-order valence-corrected chi connectivity index (χ3v) is 4.72. The zero-order valence-corrected chi connectivity index (χ0v) is 15.7. The molecule has 1 aliphatic rings. The molecule has 0 spiro atoms. The molecule has 1 aromatic carbocycles. The molecule has 1 aromatic heterocycles. The maximum atomic E-state index is 11.7. The summed E-state index contributed by atoms with van der Waals surface area (Å²) in [5, 5.41) is 18.1. The summed E-state index contributed by atoms with van der Waals surface area (Å²) in [4.78, 5) is 19.3. The van der Waals surface area contributed by atoms with Crippen molar-refractivity contribution in [2.45, 2.75) is 31.7 Å². The third-order valence-electron chi connectivity index (χ3n) is 4.43. The molecule has 2 N–H and O–H groups in total. The van der Waals surface area contributed by atoms with Crippen molar-refractivity contribution in [1.82, 2.24) is 9.97 Å². The van der Waals surface area contributed by atoms with Crippen molar-refractivity contribution in [3.63, 3.8) is 0 Å². The van der Waals surface area contributed by atoms with Gasteiger partial charge in [0.2, 0.25) is 11.6 Å². The fraction of sp³-hybridized carbons (Fsp3) is 0.412. The molecular weight excluding hydrogens is 374 g/mol. The number of anilines is 3. The molecule has 144 valence electrons. The maximum Gasteiger partial charge on any atom is 0.353 e. The van der Waals surface area contributed by atoms with Gasteiger partial charge in [-0.1, -0.05) is 24.4 Å². The molecule has 0 atom stereocenters. The summed E-state index contributed by atoms with van der Waals surface area (Å²) in [6.07, 6.45) is 5.41. The number of aromatic nitrogens is 2. The van der Waals surface area contributed by atoms with E-state index in [0.717, 1.165) is 25.7 Å². The highest BCUT2D eigenvalue weighted by Gasteiger charge is 2.27. The number of nitro groups is 1. The van der Waals surface area contributed by atoms with Crippen LogP contribution < -0.4 is 20.1 Å². The number of halogens is 1. The number of nitrogens with zero attached hydrogens (tertiary/aromatic N) is 3. The van der Waals surface area contributed by atoms with E-state index in [-0.39, 0.29) is 23.4 Å². The molecule has 0 saturated heterocycles. The molecule has 0 radical (unpaired) electrons. The lowest BCUT2D eigenvalue weighted by Crippen LogP contribution is -2.17. The average molecular weight is 394 g/mol. The van der Waals surface area contributed by atoms with Crippen LogP contribution in [0.4, 0.5) is 23.0 Å². The van der Waals surface area contributed by atoms with Gasteiger partial charge in [-0.2, -0.15) is 0 Å². The summed E-state index contributed by atoms with van der Waals surface area (Å²) in [6.45, 7) is 0. The minimum Gasteiger partial charge on any atom is -0.495 e. The summed E-state index contributed by atoms with van der Waals surface area (Å²) in [5.41, 5.74) is 0.204. The third kappa shape index (κ3) is 4.13. The standard InChI is InChI=1S/C17H20ClN5O4/c1-26-13-8-14(27-2)12(7-11(13)18)22-17-15(23(24)25)16(19-9-20-17)21-10-5-3-4-6-10/h7-10H,3-6H2,1-2H3,(H2,19,20,21,22). The monoisotopic (exact) mass is 393 g/mol. The first-order chi connectivity index (χ1) is 13.0. The van der Waals surface area contributed by atoms with Crippen molar-refractivity contribution in [2.75, 3.05) is 24.9 Å². The van der Waals surface area contributed by atoms with Crippen molar-refractivity contribution >= 4 is 34.6 Å². The molecule has 0 amide bonds. The molecule has 27 heavy (non-hydrogen) atoms. The van der Waals surface area contributed by atoms with Gasteiger partial charge in [0.15, 0.2) is 0 Å². The molecule has 0 unspecified atom stereocenters. The number of ether oxygens (including phenoxy) is 2. The number of benzene rings is 1. The Morgan fingerprint density at radius 3 is 2.44 bits per heavy atom. The van der Waals surface area contributed by atoms with E-state index < -0.39 is 4.92 Å². The lowest BCUT2D eigenvalue weighted by molar-refractivity contribution is -0.383. The van der Waals surface area contributed by atoms with Crippen LogP contribution in [-0.4, -0.2) is 35.2 Å². The van der Waals surface area contributed by atoms with E-state index in [2.05, 4.69) is 20.6 Å². The highest BCUT2D eigenvalue weighted by atomic mass is 35.5. The van der Waals surface area contributed by atoms with Gasteiger partial charge in [-0.05, 0) is 18.9 Å². The Labute approximate surface area is 161 Å². The number of hydrogen-bond donors (Lipinski definition) is 2. The summed E-state index contributed by atoms with van der Waals surface area (Å²) >= 11 is 6.17. The first-order valence-electron chi connectivity index (χ1n) is 8.48. The fourth-order valence-electron chi connectivity index (χ4n) is 3.10. The second-order valence-electron chi connectivity index (χ2n) is 6.11. The second-order valence-corrected chi connectivity index (χ2v) is 6.52. The van der Waals surface area contributed by atoms with Crippen LogP contribution in [0.1, 0.15) is 25.7 Å². The van der Waals surface area contributed by atoms with Crippen LogP contribution in [0.2, 0.25) is 5.02 Å². The van der Waals surface area contributed by atoms with E-state index in [0.29, 0.717) is 22.2 Å². The number of hydrogen-bond acceptors (Lipinski definition) is 8. The molecule has 1 heterocycles. The van der Waals surface area contributed by atoms with Gasteiger partial charge in [-0.15, -0.1) is 0 Å². The van der Waals surface area contributed by atoms with Crippen LogP contribution in [0.3, 0.4) is 0 Å².